The van der Waals surface area contributed by atoms with Gasteiger partial charge in [0, 0.05) is 48.4 Å². The van der Waals surface area contributed by atoms with E-state index >= 15 is 0 Å². The molecule has 0 spiro atoms. The van der Waals surface area contributed by atoms with Gasteiger partial charge in [0.1, 0.15) is 5.76 Å². The van der Waals surface area contributed by atoms with E-state index in [-0.39, 0.29) is 0 Å². The normalized spacial score (nSPS) is 11.8. The van der Waals surface area contributed by atoms with Gasteiger partial charge in [-0.2, -0.15) is 16.4 Å². The molecule has 0 atom stereocenters. The lowest BCUT2D eigenvalue weighted by Gasteiger charge is -2.26. The highest BCUT2D eigenvalue weighted by Gasteiger charge is 2.20. The average Bonchev–Trinajstić information content (AvgIpc) is 3.24. The van der Waals surface area contributed by atoms with Crippen molar-refractivity contribution in [3.05, 3.63) is 45.2 Å². The molecule has 0 fully saturated rings. The number of oxazole rings is 1. The second kappa shape index (κ2) is 7.14. The van der Waals surface area contributed by atoms with Crippen LogP contribution in [0.4, 0.5) is 0 Å². The fourth-order valence-electron chi connectivity index (χ4n) is 2.95. The maximum Gasteiger partial charge on any atom is 0.227 e. The quantitative estimate of drug-likeness (QED) is 0.652. The van der Waals surface area contributed by atoms with Gasteiger partial charge >= 0.3 is 0 Å². The number of thiophene rings is 1. The zero-order valence-corrected chi connectivity index (χ0v) is 16.6. The van der Waals surface area contributed by atoms with Gasteiger partial charge in [0.25, 0.3) is 0 Å². The number of aromatic nitrogens is 3. The molecule has 0 saturated carbocycles. The second-order valence-corrected chi connectivity index (χ2v) is 7.59. The molecule has 3 heterocycles. The lowest BCUT2D eigenvalue weighted by Crippen LogP contribution is -2.30. The first-order valence-corrected chi connectivity index (χ1v) is 9.53. The SMILES string of the molecule is Cc1nn(C)c(C)c1CN(Cc1nc(-c2ccsc2)oc1C)C(C)C. The molecule has 3 aromatic heterocycles. The van der Waals surface area contributed by atoms with Gasteiger partial charge in [-0.05, 0) is 46.1 Å². The summed E-state index contributed by atoms with van der Waals surface area (Å²) in [4.78, 5) is 7.16. The van der Waals surface area contributed by atoms with Crippen LogP contribution in [0.3, 0.4) is 0 Å². The zero-order valence-electron chi connectivity index (χ0n) is 15.8. The molecule has 0 aliphatic carbocycles. The van der Waals surface area contributed by atoms with Crippen molar-refractivity contribution in [2.75, 3.05) is 0 Å². The second-order valence-electron chi connectivity index (χ2n) is 6.81. The van der Waals surface area contributed by atoms with Crippen LogP contribution >= 0.6 is 11.3 Å². The third-order valence-corrected chi connectivity index (χ3v) is 5.45. The van der Waals surface area contributed by atoms with E-state index in [2.05, 4.69) is 43.1 Å². The van der Waals surface area contributed by atoms with E-state index in [4.69, 9.17) is 9.40 Å². The van der Waals surface area contributed by atoms with Crippen molar-refractivity contribution in [2.24, 2.45) is 7.05 Å². The number of aryl methyl sites for hydroxylation is 3. The number of hydrogen-bond donors (Lipinski definition) is 0. The summed E-state index contributed by atoms with van der Waals surface area (Å²) in [6, 6.07) is 2.45. The summed E-state index contributed by atoms with van der Waals surface area (Å²) in [5.74, 6) is 1.61. The molecule has 134 valence electrons. The molecule has 0 radical (unpaired) electrons. The van der Waals surface area contributed by atoms with Crippen LogP contribution in [-0.4, -0.2) is 25.7 Å². The Hall–Kier alpha value is -1.92. The van der Waals surface area contributed by atoms with Gasteiger partial charge in [0.15, 0.2) is 0 Å². The van der Waals surface area contributed by atoms with Gasteiger partial charge < -0.3 is 4.42 Å². The van der Waals surface area contributed by atoms with Crippen molar-refractivity contribution in [1.29, 1.82) is 0 Å². The van der Waals surface area contributed by atoms with E-state index in [0.29, 0.717) is 11.9 Å². The summed E-state index contributed by atoms with van der Waals surface area (Å²) in [5, 5.41) is 8.65. The lowest BCUT2D eigenvalue weighted by molar-refractivity contribution is 0.199. The lowest BCUT2D eigenvalue weighted by atomic mass is 10.1. The molecule has 0 aliphatic rings. The predicted molar refractivity (Wildman–Crippen MR) is 102 cm³/mol. The third kappa shape index (κ3) is 3.70. The van der Waals surface area contributed by atoms with Crippen molar-refractivity contribution < 1.29 is 4.42 Å². The molecule has 0 amide bonds. The summed E-state index contributed by atoms with van der Waals surface area (Å²) in [5.41, 5.74) is 5.68. The molecule has 0 unspecified atom stereocenters. The number of hydrogen-bond acceptors (Lipinski definition) is 5. The Balaban J connectivity index is 1.83. The summed E-state index contributed by atoms with van der Waals surface area (Å²) < 4.78 is 7.85. The molecule has 25 heavy (non-hydrogen) atoms. The highest BCUT2D eigenvalue weighted by atomic mass is 32.1. The molecular formula is C19H26N4OS. The molecule has 0 saturated heterocycles. The minimum Gasteiger partial charge on any atom is -0.441 e. The smallest absolute Gasteiger partial charge is 0.227 e. The van der Waals surface area contributed by atoms with Crippen molar-refractivity contribution in [3.8, 4) is 11.5 Å². The molecule has 0 aromatic carbocycles. The first-order chi connectivity index (χ1) is 11.9. The molecule has 5 nitrogen and oxygen atoms in total. The van der Waals surface area contributed by atoms with E-state index in [1.165, 1.54) is 11.3 Å². The van der Waals surface area contributed by atoms with E-state index in [1.807, 2.05) is 30.1 Å². The van der Waals surface area contributed by atoms with Crippen LogP contribution in [0.2, 0.25) is 0 Å². The first-order valence-electron chi connectivity index (χ1n) is 8.58. The minimum atomic E-state index is 0.403. The average molecular weight is 359 g/mol. The van der Waals surface area contributed by atoms with Crippen LogP contribution in [0.5, 0.6) is 0 Å². The van der Waals surface area contributed by atoms with Crippen molar-refractivity contribution >= 4 is 11.3 Å². The van der Waals surface area contributed by atoms with Crippen LogP contribution in [0.1, 0.15) is 42.3 Å². The first kappa shape index (κ1) is 17.9. The molecule has 0 aliphatic heterocycles. The van der Waals surface area contributed by atoms with Crippen LogP contribution in [0.15, 0.2) is 21.2 Å². The Bertz CT molecular complexity index is 845. The topological polar surface area (TPSA) is 47.1 Å². The van der Waals surface area contributed by atoms with Gasteiger partial charge in [-0.15, -0.1) is 0 Å². The van der Waals surface area contributed by atoms with Crippen molar-refractivity contribution in [1.82, 2.24) is 19.7 Å². The van der Waals surface area contributed by atoms with E-state index < -0.39 is 0 Å². The highest BCUT2D eigenvalue weighted by Crippen LogP contribution is 2.25. The Kier molecular flexibility index (Phi) is 5.11. The minimum absolute atomic E-state index is 0.403. The fourth-order valence-corrected chi connectivity index (χ4v) is 3.58. The number of nitrogens with zero attached hydrogens (tertiary/aromatic N) is 4. The standard InChI is InChI=1S/C19H26N4OS/c1-12(2)23(9-17-13(3)21-22(6)14(17)4)10-18-15(5)24-19(20-18)16-7-8-25-11-16/h7-8,11-12H,9-10H2,1-6H3. The van der Waals surface area contributed by atoms with Crippen LogP contribution in [0.25, 0.3) is 11.5 Å². The summed E-state index contributed by atoms with van der Waals surface area (Å²) >= 11 is 1.66. The highest BCUT2D eigenvalue weighted by molar-refractivity contribution is 7.08. The maximum absolute atomic E-state index is 5.89. The number of rotatable bonds is 6. The van der Waals surface area contributed by atoms with Gasteiger partial charge in [-0.1, -0.05) is 0 Å². The molecule has 0 N–H and O–H groups in total. The van der Waals surface area contributed by atoms with Gasteiger partial charge in [0.2, 0.25) is 5.89 Å². The molecule has 6 heteroatoms. The third-order valence-electron chi connectivity index (χ3n) is 4.76. The Labute approximate surface area is 153 Å². The van der Waals surface area contributed by atoms with Gasteiger partial charge in [-0.3, -0.25) is 9.58 Å². The Morgan fingerprint density at radius 2 is 2.00 bits per heavy atom. The van der Waals surface area contributed by atoms with E-state index in [1.54, 1.807) is 11.3 Å². The largest absolute Gasteiger partial charge is 0.441 e. The van der Waals surface area contributed by atoms with Gasteiger partial charge in [-0.25, -0.2) is 4.98 Å². The summed E-state index contributed by atoms with van der Waals surface area (Å²) in [6.07, 6.45) is 0. The predicted octanol–water partition coefficient (Wildman–Crippen LogP) is 4.47. The summed E-state index contributed by atoms with van der Waals surface area (Å²) in [6.45, 7) is 12.3. The monoisotopic (exact) mass is 358 g/mol. The van der Waals surface area contributed by atoms with Crippen molar-refractivity contribution in [3.63, 3.8) is 0 Å². The zero-order chi connectivity index (χ0) is 18.1. The Morgan fingerprint density at radius 3 is 2.56 bits per heavy atom. The molecule has 3 aromatic rings. The van der Waals surface area contributed by atoms with E-state index in [9.17, 15) is 0 Å². The fraction of sp³-hybridized carbons (Fsp3) is 0.474. The van der Waals surface area contributed by atoms with Crippen LogP contribution in [0, 0.1) is 20.8 Å². The van der Waals surface area contributed by atoms with Crippen LogP contribution in [-0.2, 0) is 20.1 Å². The van der Waals surface area contributed by atoms with Crippen molar-refractivity contribution in [2.45, 2.75) is 53.8 Å². The maximum atomic E-state index is 5.89. The summed E-state index contributed by atoms with van der Waals surface area (Å²) in [7, 11) is 2.00. The Morgan fingerprint density at radius 1 is 1.24 bits per heavy atom. The molecular weight excluding hydrogens is 332 g/mol. The van der Waals surface area contributed by atoms with E-state index in [0.717, 1.165) is 35.8 Å². The van der Waals surface area contributed by atoms with Gasteiger partial charge in [0.05, 0.1) is 11.4 Å². The molecule has 3 rings (SSSR count). The molecule has 0 bridgehead atoms. The van der Waals surface area contributed by atoms with Crippen LogP contribution < -0.4 is 0 Å².